The van der Waals surface area contributed by atoms with Crippen LogP contribution in [0.5, 0.6) is 0 Å². The van der Waals surface area contributed by atoms with Gasteiger partial charge in [0.1, 0.15) is 5.01 Å². The van der Waals surface area contributed by atoms with E-state index in [9.17, 15) is 0 Å². The molecule has 1 atom stereocenters. The largest absolute Gasteiger partial charge is 0.308 e. The van der Waals surface area contributed by atoms with E-state index in [0.29, 0.717) is 0 Å². The van der Waals surface area contributed by atoms with E-state index in [1.807, 2.05) is 0 Å². The zero-order chi connectivity index (χ0) is 11.6. The van der Waals surface area contributed by atoms with E-state index < -0.39 is 0 Å². The lowest BCUT2D eigenvalue weighted by Gasteiger charge is -2.30. The van der Waals surface area contributed by atoms with Gasteiger partial charge >= 0.3 is 0 Å². The molecule has 0 bridgehead atoms. The average Bonchev–Trinajstić information content (AvgIpc) is 2.61. The second-order valence-corrected chi connectivity index (χ2v) is 5.64. The number of hydrogen-bond acceptors (Lipinski definition) is 4. The summed E-state index contributed by atoms with van der Waals surface area (Å²) in [7, 11) is 4.28. The Bertz CT molecular complexity index is 350. The van der Waals surface area contributed by atoms with Crippen molar-refractivity contribution in [2.24, 2.45) is 0 Å². The molecule has 0 spiro atoms. The Kier molecular flexibility index (Phi) is 3.62. The SMILES string of the molecule is CNC1(c2nc(C)cs2)CCCN(C)CC1. The summed E-state index contributed by atoms with van der Waals surface area (Å²) in [5.74, 6) is 0. The van der Waals surface area contributed by atoms with E-state index in [-0.39, 0.29) is 5.54 Å². The molecule has 4 heteroatoms. The average molecular weight is 239 g/mol. The zero-order valence-corrected chi connectivity index (χ0v) is 11.2. The number of rotatable bonds is 2. The Hall–Kier alpha value is -0.450. The van der Waals surface area contributed by atoms with Gasteiger partial charge in [0.15, 0.2) is 0 Å². The van der Waals surface area contributed by atoms with Crippen LogP contribution in [0, 0.1) is 6.92 Å². The minimum atomic E-state index is 0.115. The van der Waals surface area contributed by atoms with E-state index >= 15 is 0 Å². The van der Waals surface area contributed by atoms with Crippen LogP contribution in [0.1, 0.15) is 30.0 Å². The summed E-state index contributed by atoms with van der Waals surface area (Å²) in [4.78, 5) is 7.10. The number of hydrogen-bond donors (Lipinski definition) is 1. The van der Waals surface area contributed by atoms with Gasteiger partial charge in [-0.25, -0.2) is 4.98 Å². The lowest BCUT2D eigenvalue weighted by Crippen LogP contribution is -2.40. The fourth-order valence-electron chi connectivity index (χ4n) is 2.41. The van der Waals surface area contributed by atoms with Gasteiger partial charge in [-0.05, 0) is 46.8 Å². The molecule has 16 heavy (non-hydrogen) atoms. The van der Waals surface area contributed by atoms with Crippen LogP contribution in [0.3, 0.4) is 0 Å². The van der Waals surface area contributed by atoms with Gasteiger partial charge in [-0.3, -0.25) is 0 Å². The van der Waals surface area contributed by atoms with Crippen LogP contribution < -0.4 is 5.32 Å². The van der Waals surface area contributed by atoms with Crippen LogP contribution in [-0.2, 0) is 5.54 Å². The maximum atomic E-state index is 4.68. The van der Waals surface area contributed by atoms with Crippen molar-refractivity contribution in [3.8, 4) is 0 Å². The minimum Gasteiger partial charge on any atom is -0.308 e. The summed E-state index contributed by atoms with van der Waals surface area (Å²) < 4.78 is 0. The van der Waals surface area contributed by atoms with Gasteiger partial charge in [-0.2, -0.15) is 0 Å². The molecule has 1 aliphatic rings. The lowest BCUT2D eigenvalue weighted by atomic mass is 9.91. The zero-order valence-electron chi connectivity index (χ0n) is 10.4. The normalized spacial score (nSPS) is 27.9. The summed E-state index contributed by atoms with van der Waals surface area (Å²) in [5.41, 5.74) is 1.26. The van der Waals surface area contributed by atoms with E-state index in [4.69, 9.17) is 0 Å². The van der Waals surface area contributed by atoms with Crippen LogP contribution in [0.4, 0.5) is 0 Å². The first kappa shape index (κ1) is 12.0. The second kappa shape index (κ2) is 4.82. The fraction of sp³-hybridized carbons (Fsp3) is 0.750. The van der Waals surface area contributed by atoms with Crippen LogP contribution in [0.15, 0.2) is 5.38 Å². The Labute approximate surface area is 102 Å². The molecule has 1 fully saturated rings. The molecule has 2 heterocycles. The van der Waals surface area contributed by atoms with Gasteiger partial charge in [0.2, 0.25) is 0 Å². The van der Waals surface area contributed by atoms with Gasteiger partial charge in [0, 0.05) is 17.6 Å². The lowest BCUT2D eigenvalue weighted by molar-refractivity contribution is 0.296. The number of nitrogens with one attached hydrogen (secondary N) is 1. The summed E-state index contributed by atoms with van der Waals surface area (Å²) in [6.45, 7) is 4.43. The predicted octanol–water partition coefficient (Wildman–Crippen LogP) is 1.98. The maximum absolute atomic E-state index is 4.68. The molecule has 0 amide bonds. The summed E-state index contributed by atoms with van der Waals surface area (Å²) in [5, 5.41) is 6.95. The molecule has 1 aromatic rings. The third-order valence-electron chi connectivity index (χ3n) is 3.57. The van der Waals surface area contributed by atoms with Gasteiger partial charge < -0.3 is 10.2 Å². The van der Waals surface area contributed by atoms with Gasteiger partial charge in [-0.15, -0.1) is 11.3 Å². The molecule has 0 aliphatic carbocycles. The Balaban J connectivity index is 2.24. The van der Waals surface area contributed by atoms with Crippen LogP contribution in [-0.4, -0.2) is 37.1 Å². The number of likely N-dealkylation sites (tertiary alicyclic amines) is 1. The van der Waals surface area contributed by atoms with Crippen molar-refractivity contribution in [3.05, 3.63) is 16.1 Å². The number of aryl methyl sites for hydroxylation is 1. The van der Waals surface area contributed by atoms with Crippen molar-refractivity contribution in [2.75, 3.05) is 27.2 Å². The molecule has 3 nitrogen and oxygen atoms in total. The molecule has 0 radical (unpaired) electrons. The predicted molar refractivity (Wildman–Crippen MR) is 68.9 cm³/mol. The van der Waals surface area contributed by atoms with Crippen molar-refractivity contribution in [2.45, 2.75) is 31.7 Å². The molecule has 1 N–H and O–H groups in total. The topological polar surface area (TPSA) is 28.2 Å². The van der Waals surface area contributed by atoms with E-state index in [0.717, 1.165) is 18.7 Å². The molecule has 0 saturated carbocycles. The highest BCUT2D eigenvalue weighted by molar-refractivity contribution is 7.09. The van der Waals surface area contributed by atoms with Gasteiger partial charge in [0.25, 0.3) is 0 Å². The van der Waals surface area contributed by atoms with Crippen molar-refractivity contribution < 1.29 is 0 Å². The second-order valence-electron chi connectivity index (χ2n) is 4.78. The van der Waals surface area contributed by atoms with Crippen LogP contribution in [0.25, 0.3) is 0 Å². The Morgan fingerprint density at radius 1 is 1.44 bits per heavy atom. The number of aromatic nitrogens is 1. The highest BCUT2D eigenvalue weighted by Gasteiger charge is 2.34. The van der Waals surface area contributed by atoms with Gasteiger partial charge in [0.05, 0.1) is 5.54 Å². The third kappa shape index (κ3) is 2.29. The molecule has 1 aromatic heterocycles. The van der Waals surface area contributed by atoms with Crippen molar-refractivity contribution in [1.29, 1.82) is 0 Å². The Morgan fingerprint density at radius 2 is 2.25 bits per heavy atom. The van der Waals surface area contributed by atoms with E-state index in [1.54, 1.807) is 11.3 Å². The first-order valence-corrected chi connectivity index (χ1v) is 6.84. The van der Waals surface area contributed by atoms with Crippen LogP contribution in [0.2, 0.25) is 0 Å². The first-order valence-electron chi connectivity index (χ1n) is 5.96. The number of thiazole rings is 1. The van der Waals surface area contributed by atoms with Gasteiger partial charge in [-0.1, -0.05) is 0 Å². The molecule has 2 rings (SSSR count). The van der Waals surface area contributed by atoms with E-state index in [1.165, 1.54) is 24.4 Å². The molecular weight excluding hydrogens is 218 g/mol. The van der Waals surface area contributed by atoms with Crippen molar-refractivity contribution in [1.82, 2.24) is 15.2 Å². The summed E-state index contributed by atoms with van der Waals surface area (Å²) in [6, 6.07) is 0. The van der Waals surface area contributed by atoms with Crippen LogP contribution >= 0.6 is 11.3 Å². The number of nitrogens with zero attached hydrogens (tertiary/aromatic N) is 2. The minimum absolute atomic E-state index is 0.115. The highest BCUT2D eigenvalue weighted by atomic mass is 32.1. The van der Waals surface area contributed by atoms with Crippen molar-refractivity contribution in [3.63, 3.8) is 0 Å². The summed E-state index contributed by atoms with van der Waals surface area (Å²) >= 11 is 1.80. The fourth-order valence-corrected chi connectivity index (χ4v) is 3.48. The monoisotopic (exact) mass is 239 g/mol. The molecule has 0 aromatic carbocycles. The molecule has 1 aliphatic heterocycles. The molecule has 90 valence electrons. The third-order valence-corrected chi connectivity index (χ3v) is 4.73. The summed E-state index contributed by atoms with van der Waals surface area (Å²) in [6.07, 6.45) is 3.60. The molecular formula is C12H21N3S. The first-order chi connectivity index (χ1) is 7.66. The molecule has 1 saturated heterocycles. The smallest absolute Gasteiger partial charge is 0.113 e. The molecule has 1 unspecified atom stereocenters. The standard InChI is InChI=1S/C12H21N3S/c1-10-9-16-11(14-10)12(13-2)5-4-7-15(3)8-6-12/h9,13H,4-8H2,1-3H3. The quantitative estimate of drug-likeness (QED) is 0.855. The highest BCUT2D eigenvalue weighted by Crippen LogP contribution is 2.34. The maximum Gasteiger partial charge on any atom is 0.113 e. The Morgan fingerprint density at radius 3 is 2.88 bits per heavy atom. The van der Waals surface area contributed by atoms with Crippen molar-refractivity contribution >= 4 is 11.3 Å². The van der Waals surface area contributed by atoms with E-state index in [2.05, 4.69) is 41.6 Å².